The van der Waals surface area contributed by atoms with E-state index in [9.17, 15) is 0 Å². The van der Waals surface area contributed by atoms with Crippen molar-refractivity contribution < 1.29 is 0 Å². The Labute approximate surface area is 110 Å². The van der Waals surface area contributed by atoms with Gasteiger partial charge in [0.2, 0.25) is 0 Å². The van der Waals surface area contributed by atoms with E-state index in [2.05, 4.69) is 57.3 Å². The molecule has 1 rings (SSSR count). The fourth-order valence-electron chi connectivity index (χ4n) is 1.47. The molecule has 0 heterocycles. The van der Waals surface area contributed by atoms with Crippen molar-refractivity contribution in [3.05, 3.63) is 29.8 Å². The van der Waals surface area contributed by atoms with Gasteiger partial charge in [-0.25, -0.2) is 0 Å². The minimum atomic E-state index is 0.718. The number of nitrogens with one attached hydrogen (secondary N) is 1. The molecule has 0 spiro atoms. The minimum Gasteiger partial charge on any atom is -0.312 e. The fraction of sp³-hybridized carbons (Fsp3) is 0.600. The Hall–Kier alpha value is -0.470. The van der Waals surface area contributed by atoms with Gasteiger partial charge in [-0.3, -0.25) is 0 Å². The summed E-state index contributed by atoms with van der Waals surface area (Å²) in [7, 11) is 0. The second-order valence-corrected chi connectivity index (χ2v) is 6.47. The lowest BCUT2D eigenvalue weighted by Crippen LogP contribution is -2.18. The first-order chi connectivity index (χ1) is 8.08. The molecule has 0 aliphatic rings. The summed E-state index contributed by atoms with van der Waals surface area (Å²) in [4.78, 5) is 1.38. The van der Waals surface area contributed by atoms with E-state index in [0.29, 0.717) is 0 Å². The molecule has 0 saturated carbocycles. The zero-order valence-electron chi connectivity index (χ0n) is 11.5. The Morgan fingerprint density at radius 2 is 1.65 bits per heavy atom. The highest BCUT2D eigenvalue weighted by Gasteiger charge is 1.99. The molecule has 0 amide bonds. The van der Waals surface area contributed by atoms with E-state index in [0.717, 1.165) is 24.9 Å². The van der Waals surface area contributed by atoms with Crippen LogP contribution in [0.4, 0.5) is 0 Å². The van der Waals surface area contributed by atoms with E-state index in [4.69, 9.17) is 0 Å². The summed E-state index contributed by atoms with van der Waals surface area (Å²) in [5, 5.41) is 3.46. The molecule has 0 aliphatic heterocycles. The predicted octanol–water partition coefficient (Wildman–Crippen LogP) is 4.18. The predicted molar refractivity (Wildman–Crippen MR) is 78.5 cm³/mol. The van der Waals surface area contributed by atoms with Crippen LogP contribution in [-0.4, -0.2) is 12.3 Å². The van der Waals surface area contributed by atoms with Gasteiger partial charge in [-0.1, -0.05) is 39.8 Å². The number of benzene rings is 1. The average molecular weight is 251 g/mol. The number of thioether (sulfide) groups is 1. The van der Waals surface area contributed by atoms with Gasteiger partial charge in [0.1, 0.15) is 0 Å². The van der Waals surface area contributed by atoms with Crippen LogP contribution >= 0.6 is 11.8 Å². The molecular weight excluding hydrogens is 226 g/mol. The molecule has 17 heavy (non-hydrogen) atoms. The van der Waals surface area contributed by atoms with Crippen molar-refractivity contribution in [2.75, 3.05) is 12.3 Å². The summed E-state index contributed by atoms with van der Waals surface area (Å²) in [5.41, 5.74) is 1.37. The standard InChI is InChI=1S/C15H25NS/c1-12(2)9-16-10-14-5-7-15(8-6-14)17-11-13(3)4/h5-8,12-13,16H,9-11H2,1-4H3. The van der Waals surface area contributed by atoms with Crippen molar-refractivity contribution in [2.45, 2.75) is 39.1 Å². The molecule has 96 valence electrons. The van der Waals surface area contributed by atoms with E-state index < -0.39 is 0 Å². The van der Waals surface area contributed by atoms with Gasteiger partial charge in [-0.05, 0) is 36.1 Å². The zero-order chi connectivity index (χ0) is 12.7. The van der Waals surface area contributed by atoms with Gasteiger partial charge < -0.3 is 5.32 Å². The maximum Gasteiger partial charge on any atom is 0.0205 e. The molecule has 1 nitrogen and oxygen atoms in total. The van der Waals surface area contributed by atoms with Crippen LogP contribution in [0.2, 0.25) is 0 Å². The molecule has 0 saturated heterocycles. The Morgan fingerprint density at radius 3 is 2.18 bits per heavy atom. The number of hydrogen-bond donors (Lipinski definition) is 1. The van der Waals surface area contributed by atoms with Gasteiger partial charge in [0.05, 0.1) is 0 Å². The summed E-state index contributed by atoms with van der Waals surface area (Å²) in [6, 6.07) is 8.94. The van der Waals surface area contributed by atoms with Crippen LogP contribution < -0.4 is 5.32 Å². The van der Waals surface area contributed by atoms with E-state index >= 15 is 0 Å². The summed E-state index contributed by atoms with van der Waals surface area (Å²) in [5.74, 6) is 2.67. The van der Waals surface area contributed by atoms with Gasteiger partial charge in [0, 0.05) is 17.2 Å². The van der Waals surface area contributed by atoms with E-state index in [-0.39, 0.29) is 0 Å². The Kier molecular flexibility index (Phi) is 6.68. The van der Waals surface area contributed by atoms with Crippen molar-refractivity contribution in [1.29, 1.82) is 0 Å². The third-order valence-electron chi connectivity index (χ3n) is 2.39. The molecule has 1 aromatic carbocycles. The minimum absolute atomic E-state index is 0.718. The summed E-state index contributed by atoms with van der Waals surface area (Å²) in [6.45, 7) is 11.1. The van der Waals surface area contributed by atoms with Gasteiger partial charge in [0.25, 0.3) is 0 Å². The van der Waals surface area contributed by atoms with E-state index in [1.165, 1.54) is 16.2 Å². The van der Waals surface area contributed by atoms with Gasteiger partial charge in [0.15, 0.2) is 0 Å². The summed E-state index contributed by atoms with van der Waals surface area (Å²) in [6.07, 6.45) is 0. The highest BCUT2D eigenvalue weighted by molar-refractivity contribution is 7.99. The van der Waals surface area contributed by atoms with Crippen LogP contribution in [-0.2, 0) is 6.54 Å². The van der Waals surface area contributed by atoms with Crippen LogP contribution in [0.5, 0.6) is 0 Å². The molecule has 0 fully saturated rings. The first-order valence-corrected chi connectivity index (χ1v) is 7.49. The molecule has 0 radical (unpaired) electrons. The Bertz CT molecular complexity index is 303. The van der Waals surface area contributed by atoms with Gasteiger partial charge in [-0.2, -0.15) is 0 Å². The van der Waals surface area contributed by atoms with Crippen LogP contribution in [0.1, 0.15) is 33.3 Å². The molecule has 1 N–H and O–H groups in total. The Balaban J connectivity index is 2.34. The highest BCUT2D eigenvalue weighted by atomic mass is 32.2. The van der Waals surface area contributed by atoms with Crippen LogP contribution in [0.15, 0.2) is 29.2 Å². The fourth-order valence-corrected chi connectivity index (χ4v) is 2.33. The van der Waals surface area contributed by atoms with Gasteiger partial charge in [-0.15, -0.1) is 11.8 Å². The summed E-state index contributed by atoms with van der Waals surface area (Å²) >= 11 is 1.95. The second kappa shape index (κ2) is 7.78. The SMILES string of the molecule is CC(C)CNCc1ccc(SCC(C)C)cc1. The van der Waals surface area contributed by atoms with Gasteiger partial charge >= 0.3 is 0 Å². The molecule has 0 unspecified atom stereocenters. The van der Waals surface area contributed by atoms with Crippen molar-refractivity contribution in [3.63, 3.8) is 0 Å². The molecular formula is C15H25NS. The first-order valence-electron chi connectivity index (χ1n) is 6.50. The number of hydrogen-bond acceptors (Lipinski definition) is 2. The third-order valence-corrected chi connectivity index (χ3v) is 3.83. The van der Waals surface area contributed by atoms with Crippen LogP contribution in [0.25, 0.3) is 0 Å². The van der Waals surface area contributed by atoms with Crippen molar-refractivity contribution in [2.24, 2.45) is 11.8 Å². The topological polar surface area (TPSA) is 12.0 Å². The molecule has 1 aromatic rings. The van der Waals surface area contributed by atoms with Crippen molar-refractivity contribution >= 4 is 11.8 Å². The first kappa shape index (κ1) is 14.6. The largest absolute Gasteiger partial charge is 0.312 e. The average Bonchev–Trinajstić information content (AvgIpc) is 2.27. The monoisotopic (exact) mass is 251 g/mol. The smallest absolute Gasteiger partial charge is 0.0205 e. The lowest BCUT2D eigenvalue weighted by atomic mass is 10.2. The van der Waals surface area contributed by atoms with E-state index in [1.807, 2.05) is 11.8 Å². The molecule has 0 aliphatic carbocycles. The maximum absolute atomic E-state index is 3.46. The molecule has 0 atom stereocenters. The lowest BCUT2D eigenvalue weighted by Gasteiger charge is -2.08. The quantitative estimate of drug-likeness (QED) is 0.730. The maximum atomic E-state index is 3.46. The van der Waals surface area contributed by atoms with E-state index in [1.54, 1.807) is 0 Å². The normalized spacial score (nSPS) is 11.4. The summed E-state index contributed by atoms with van der Waals surface area (Å²) < 4.78 is 0. The lowest BCUT2D eigenvalue weighted by molar-refractivity contribution is 0.552. The van der Waals surface area contributed by atoms with Crippen LogP contribution in [0.3, 0.4) is 0 Å². The number of rotatable bonds is 7. The highest BCUT2D eigenvalue weighted by Crippen LogP contribution is 2.20. The molecule has 2 heteroatoms. The van der Waals surface area contributed by atoms with Crippen LogP contribution in [0, 0.1) is 11.8 Å². The second-order valence-electron chi connectivity index (χ2n) is 5.37. The molecule has 0 bridgehead atoms. The Morgan fingerprint density at radius 1 is 1.00 bits per heavy atom. The third kappa shape index (κ3) is 6.75. The van der Waals surface area contributed by atoms with Crippen molar-refractivity contribution in [1.82, 2.24) is 5.32 Å². The van der Waals surface area contributed by atoms with Crippen molar-refractivity contribution in [3.8, 4) is 0 Å². The zero-order valence-corrected chi connectivity index (χ0v) is 12.3. The molecule has 0 aromatic heterocycles.